The SMILES string of the molecule is COc1ccc2c(c1)O[C@@H](c1cccc(C(F)(F)F)c1)C(OC(=O)NCCc1ccc(OC)c(OC)c1)C2=O. The maximum Gasteiger partial charge on any atom is 0.416 e. The topological polar surface area (TPSA) is 92.3 Å². The zero-order valence-electron chi connectivity index (χ0n) is 21.3. The largest absolute Gasteiger partial charge is 0.497 e. The molecule has 0 spiro atoms. The number of rotatable bonds is 8. The monoisotopic (exact) mass is 545 g/mol. The Labute approximate surface area is 222 Å². The number of hydrogen-bond acceptors (Lipinski definition) is 7. The Kier molecular flexibility index (Phi) is 8.18. The van der Waals surface area contributed by atoms with Crippen molar-refractivity contribution in [3.63, 3.8) is 0 Å². The second-order valence-electron chi connectivity index (χ2n) is 8.58. The summed E-state index contributed by atoms with van der Waals surface area (Å²) in [5, 5.41) is 2.57. The van der Waals surface area contributed by atoms with Gasteiger partial charge in [-0.25, -0.2) is 4.79 Å². The van der Waals surface area contributed by atoms with Gasteiger partial charge in [0.05, 0.1) is 32.5 Å². The van der Waals surface area contributed by atoms with E-state index in [9.17, 15) is 22.8 Å². The van der Waals surface area contributed by atoms with E-state index in [1.807, 2.05) is 6.07 Å². The predicted octanol–water partition coefficient (Wildman–Crippen LogP) is 5.39. The summed E-state index contributed by atoms with van der Waals surface area (Å²) < 4.78 is 67.2. The molecule has 3 aromatic rings. The Bertz CT molecular complexity index is 1360. The van der Waals surface area contributed by atoms with Crippen LogP contribution in [0, 0.1) is 0 Å². The smallest absolute Gasteiger partial charge is 0.416 e. The van der Waals surface area contributed by atoms with Crippen molar-refractivity contribution in [1.29, 1.82) is 0 Å². The number of carbonyl (C=O) groups is 2. The van der Waals surface area contributed by atoms with Crippen molar-refractivity contribution in [2.45, 2.75) is 24.8 Å². The first-order valence-corrected chi connectivity index (χ1v) is 11.9. The molecule has 39 heavy (non-hydrogen) atoms. The summed E-state index contributed by atoms with van der Waals surface area (Å²) in [6.07, 6.45) is -7.99. The molecule has 0 radical (unpaired) electrons. The van der Waals surface area contributed by atoms with Crippen LogP contribution in [0.25, 0.3) is 0 Å². The first kappa shape index (κ1) is 27.6. The lowest BCUT2D eigenvalue weighted by Gasteiger charge is -2.32. The third-order valence-corrected chi connectivity index (χ3v) is 6.15. The standard InChI is InChI=1S/C28H26F3NO7/c1-35-19-8-9-20-22(15-19)38-25(17-5-4-6-18(14-17)28(29,30)31)26(24(20)33)39-27(34)32-12-11-16-7-10-21(36-2)23(13-16)37-3/h4-10,13-15,25-26H,11-12H2,1-3H3,(H,32,34)/t25-,26?/m0/s1. The number of hydrogen-bond donors (Lipinski definition) is 1. The number of nitrogens with one attached hydrogen (secondary N) is 1. The molecule has 2 atom stereocenters. The summed E-state index contributed by atoms with van der Waals surface area (Å²) in [5.74, 6) is 0.966. The lowest BCUT2D eigenvalue weighted by molar-refractivity contribution is -0.137. The molecule has 0 saturated heterocycles. The van der Waals surface area contributed by atoms with Gasteiger partial charge < -0.3 is 29.0 Å². The highest BCUT2D eigenvalue weighted by atomic mass is 19.4. The highest BCUT2D eigenvalue weighted by Gasteiger charge is 2.42. The second kappa shape index (κ2) is 11.5. The normalized spacial score (nSPS) is 16.5. The van der Waals surface area contributed by atoms with Crippen LogP contribution in [-0.2, 0) is 17.3 Å². The molecule has 1 unspecified atom stereocenters. The Hall–Kier alpha value is -4.41. The number of methoxy groups -OCH3 is 3. The molecule has 0 bridgehead atoms. The number of alkyl carbamates (subject to hydrolysis) is 1. The number of ether oxygens (including phenoxy) is 5. The molecule has 0 fully saturated rings. The van der Waals surface area contributed by atoms with Gasteiger partial charge in [0.25, 0.3) is 0 Å². The van der Waals surface area contributed by atoms with Crippen molar-refractivity contribution in [1.82, 2.24) is 5.32 Å². The third kappa shape index (κ3) is 6.19. The van der Waals surface area contributed by atoms with Gasteiger partial charge in [0.15, 0.2) is 17.6 Å². The molecule has 1 heterocycles. The van der Waals surface area contributed by atoms with Crippen LogP contribution in [0.4, 0.5) is 18.0 Å². The van der Waals surface area contributed by atoms with Crippen molar-refractivity contribution >= 4 is 11.9 Å². The first-order valence-electron chi connectivity index (χ1n) is 11.9. The lowest BCUT2D eigenvalue weighted by atomic mass is 9.92. The maximum atomic E-state index is 13.4. The van der Waals surface area contributed by atoms with Crippen molar-refractivity contribution in [3.8, 4) is 23.0 Å². The molecule has 0 aromatic heterocycles. The number of carbonyl (C=O) groups excluding carboxylic acids is 2. The van der Waals surface area contributed by atoms with Crippen molar-refractivity contribution in [3.05, 3.63) is 82.9 Å². The lowest BCUT2D eigenvalue weighted by Crippen LogP contribution is -2.42. The predicted molar refractivity (Wildman–Crippen MR) is 134 cm³/mol. The van der Waals surface area contributed by atoms with Gasteiger partial charge in [-0.05, 0) is 53.9 Å². The van der Waals surface area contributed by atoms with Crippen molar-refractivity contribution < 1.29 is 46.4 Å². The number of fused-ring (bicyclic) bond motifs is 1. The Balaban J connectivity index is 1.54. The van der Waals surface area contributed by atoms with Gasteiger partial charge in [0.1, 0.15) is 11.5 Å². The van der Waals surface area contributed by atoms with Gasteiger partial charge in [-0.3, -0.25) is 4.79 Å². The molecule has 1 N–H and O–H groups in total. The zero-order chi connectivity index (χ0) is 28.2. The van der Waals surface area contributed by atoms with E-state index in [2.05, 4.69) is 5.32 Å². The molecule has 3 aromatic carbocycles. The minimum atomic E-state index is -4.62. The Morgan fingerprint density at radius 2 is 1.72 bits per heavy atom. The van der Waals surface area contributed by atoms with Gasteiger partial charge in [0, 0.05) is 12.6 Å². The molecule has 1 aliphatic heterocycles. The molecular formula is C28H26F3NO7. The van der Waals surface area contributed by atoms with Crippen LogP contribution in [0.1, 0.15) is 33.2 Å². The number of ketones is 1. The maximum absolute atomic E-state index is 13.4. The molecular weight excluding hydrogens is 519 g/mol. The molecule has 11 heteroatoms. The van der Waals surface area contributed by atoms with Gasteiger partial charge in [-0.15, -0.1) is 0 Å². The van der Waals surface area contributed by atoms with Gasteiger partial charge in [0.2, 0.25) is 11.9 Å². The van der Waals surface area contributed by atoms with E-state index in [-0.39, 0.29) is 23.4 Å². The van der Waals surface area contributed by atoms with Gasteiger partial charge >= 0.3 is 12.3 Å². The van der Waals surface area contributed by atoms with Crippen LogP contribution >= 0.6 is 0 Å². The number of Topliss-reactive ketones (excluding diaryl/α,β-unsaturated/α-hetero) is 1. The average molecular weight is 546 g/mol. The van der Waals surface area contributed by atoms with E-state index in [1.54, 1.807) is 12.1 Å². The fraction of sp³-hybridized carbons (Fsp3) is 0.286. The summed E-state index contributed by atoms with van der Waals surface area (Å²) in [7, 11) is 4.46. The van der Waals surface area contributed by atoms with E-state index >= 15 is 0 Å². The second-order valence-corrected chi connectivity index (χ2v) is 8.58. The van der Waals surface area contributed by atoms with E-state index in [0.29, 0.717) is 23.7 Å². The molecule has 4 rings (SSSR count). The molecule has 8 nitrogen and oxygen atoms in total. The summed E-state index contributed by atoms with van der Waals surface area (Å²) in [5.41, 5.74) is 0.0530. The van der Waals surface area contributed by atoms with Gasteiger partial charge in [-0.1, -0.05) is 18.2 Å². The van der Waals surface area contributed by atoms with E-state index in [0.717, 1.165) is 17.7 Å². The zero-order valence-corrected chi connectivity index (χ0v) is 21.3. The summed E-state index contributed by atoms with van der Waals surface area (Å²) >= 11 is 0. The Morgan fingerprint density at radius 1 is 0.949 bits per heavy atom. The van der Waals surface area contributed by atoms with E-state index in [1.165, 1.54) is 51.7 Å². The molecule has 206 valence electrons. The van der Waals surface area contributed by atoms with Crippen LogP contribution in [0.5, 0.6) is 23.0 Å². The van der Waals surface area contributed by atoms with Crippen LogP contribution in [0.3, 0.4) is 0 Å². The molecule has 1 aliphatic rings. The highest BCUT2D eigenvalue weighted by Crippen LogP contribution is 2.40. The summed E-state index contributed by atoms with van der Waals surface area (Å²) in [4.78, 5) is 26.1. The first-order chi connectivity index (χ1) is 18.6. The number of halogens is 3. The highest BCUT2D eigenvalue weighted by molar-refractivity contribution is 6.04. The fourth-order valence-corrected chi connectivity index (χ4v) is 4.17. The molecule has 0 saturated carbocycles. The minimum Gasteiger partial charge on any atom is -0.497 e. The van der Waals surface area contributed by atoms with E-state index < -0.39 is 35.8 Å². The molecule has 0 aliphatic carbocycles. The van der Waals surface area contributed by atoms with Crippen LogP contribution < -0.4 is 24.3 Å². The van der Waals surface area contributed by atoms with Gasteiger partial charge in [-0.2, -0.15) is 13.2 Å². The minimum absolute atomic E-state index is 0.0229. The fourth-order valence-electron chi connectivity index (χ4n) is 4.17. The van der Waals surface area contributed by atoms with Crippen LogP contribution in [0.2, 0.25) is 0 Å². The third-order valence-electron chi connectivity index (χ3n) is 6.15. The Morgan fingerprint density at radius 3 is 2.41 bits per heavy atom. The van der Waals surface area contributed by atoms with Crippen molar-refractivity contribution in [2.24, 2.45) is 0 Å². The average Bonchev–Trinajstić information content (AvgIpc) is 2.93. The number of alkyl halides is 3. The number of benzene rings is 3. The van der Waals surface area contributed by atoms with Crippen LogP contribution in [-0.4, -0.2) is 45.9 Å². The van der Waals surface area contributed by atoms with E-state index in [4.69, 9.17) is 23.7 Å². The van der Waals surface area contributed by atoms with Crippen LogP contribution in [0.15, 0.2) is 60.7 Å². The molecule has 1 amide bonds. The number of amides is 1. The van der Waals surface area contributed by atoms with Crippen molar-refractivity contribution in [2.75, 3.05) is 27.9 Å². The summed E-state index contributed by atoms with van der Waals surface area (Å²) in [6, 6.07) is 14.1. The quantitative estimate of drug-likeness (QED) is 0.406. The summed E-state index contributed by atoms with van der Waals surface area (Å²) in [6.45, 7) is 0.151.